The molecule has 4 nitrogen and oxygen atoms in total. The van der Waals surface area contributed by atoms with E-state index in [1.54, 1.807) is 13.2 Å². The summed E-state index contributed by atoms with van der Waals surface area (Å²) in [6.45, 7) is 3.17. The minimum absolute atomic E-state index is 0.629. The molecule has 0 aliphatic heterocycles. The zero-order valence-electron chi connectivity index (χ0n) is 14.1. The van der Waals surface area contributed by atoms with Crippen molar-refractivity contribution in [3.05, 3.63) is 36.2 Å². The van der Waals surface area contributed by atoms with Crippen LogP contribution in [0.15, 0.2) is 30.6 Å². The molecule has 1 aromatic carbocycles. The van der Waals surface area contributed by atoms with Crippen LogP contribution in [0.4, 0.5) is 0 Å². The molecule has 0 atom stereocenters. The first-order valence-electron chi connectivity index (χ1n) is 8.39. The van der Waals surface area contributed by atoms with Crippen LogP contribution in [0.2, 0.25) is 0 Å². The van der Waals surface area contributed by atoms with Crippen LogP contribution in [0.3, 0.4) is 0 Å². The molecule has 0 spiro atoms. The second-order valence-corrected chi connectivity index (χ2v) is 5.79. The Morgan fingerprint density at radius 1 is 1.17 bits per heavy atom. The third-order valence-corrected chi connectivity index (χ3v) is 4.01. The van der Waals surface area contributed by atoms with E-state index in [2.05, 4.69) is 18.1 Å². The maximum absolute atomic E-state index is 9.07. The van der Waals surface area contributed by atoms with Crippen LogP contribution in [0.25, 0.3) is 11.1 Å². The normalized spacial score (nSPS) is 10.5. The number of rotatable bonds is 9. The molecule has 0 fully saturated rings. The van der Waals surface area contributed by atoms with Gasteiger partial charge in [-0.25, -0.2) is 0 Å². The molecule has 2 rings (SSSR count). The van der Waals surface area contributed by atoms with Gasteiger partial charge in [0.05, 0.1) is 24.9 Å². The third-order valence-electron chi connectivity index (χ3n) is 4.01. The van der Waals surface area contributed by atoms with E-state index in [0.717, 1.165) is 29.8 Å². The molecule has 0 amide bonds. The molecule has 122 valence electrons. The lowest BCUT2D eigenvalue weighted by molar-refractivity contribution is 0.416. The molecule has 0 aliphatic carbocycles. The number of hydrogen-bond donors (Lipinski definition) is 0. The number of nitrogens with zero attached hydrogens (tertiary/aromatic N) is 3. The van der Waals surface area contributed by atoms with E-state index in [4.69, 9.17) is 10.00 Å². The first-order valence-corrected chi connectivity index (χ1v) is 8.39. The minimum Gasteiger partial charge on any atom is -0.496 e. The summed E-state index contributed by atoms with van der Waals surface area (Å²) in [5, 5.41) is 13.5. The van der Waals surface area contributed by atoms with Crippen molar-refractivity contribution in [1.82, 2.24) is 9.78 Å². The van der Waals surface area contributed by atoms with Crippen LogP contribution >= 0.6 is 0 Å². The van der Waals surface area contributed by atoms with E-state index in [9.17, 15) is 0 Å². The highest BCUT2D eigenvalue weighted by atomic mass is 16.5. The van der Waals surface area contributed by atoms with Gasteiger partial charge >= 0.3 is 0 Å². The number of ether oxygens (including phenoxy) is 1. The topological polar surface area (TPSA) is 50.8 Å². The molecule has 0 bridgehead atoms. The van der Waals surface area contributed by atoms with Gasteiger partial charge in [-0.2, -0.15) is 10.4 Å². The monoisotopic (exact) mass is 311 g/mol. The lowest BCUT2D eigenvalue weighted by Gasteiger charge is -2.06. The van der Waals surface area contributed by atoms with Gasteiger partial charge in [0.2, 0.25) is 0 Å². The summed E-state index contributed by atoms with van der Waals surface area (Å²) >= 11 is 0. The first-order chi connectivity index (χ1) is 11.3. The van der Waals surface area contributed by atoms with Crippen LogP contribution in [0, 0.1) is 11.3 Å². The summed E-state index contributed by atoms with van der Waals surface area (Å²) in [6.07, 6.45) is 11.5. The van der Waals surface area contributed by atoms with Gasteiger partial charge in [0.25, 0.3) is 0 Å². The standard InChI is InChI=1S/C19H25N3O/c1-3-4-5-6-7-8-11-22-15-17(14-21-22)18-12-16(13-20)9-10-19(18)23-2/h9-10,12,14-15H,3-8,11H2,1-2H3. The smallest absolute Gasteiger partial charge is 0.126 e. The molecular weight excluding hydrogens is 286 g/mol. The number of aromatic nitrogens is 2. The fraction of sp³-hybridized carbons (Fsp3) is 0.474. The lowest BCUT2D eigenvalue weighted by Crippen LogP contribution is -1.97. The van der Waals surface area contributed by atoms with Crippen molar-refractivity contribution in [1.29, 1.82) is 5.26 Å². The van der Waals surface area contributed by atoms with Crippen molar-refractivity contribution in [2.45, 2.75) is 52.0 Å². The number of methoxy groups -OCH3 is 1. The highest BCUT2D eigenvalue weighted by molar-refractivity contribution is 5.71. The molecule has 0 unspecified atom stereocenters. The second-order valence-electron chi connectivity index (χ2n) is 5.79. The van der Waals surface area contributed by atoms with Crippen LogP contribution in [0.1, 0.15) is 51.0 Å². The predicted octanol–water partition coefficient (Wildman–Crippen LogP) is 4.79. The minimum atomic E-state index is 0.629. The summed E-state index contributed by atoms with van der Waals surface area (Å²) in [6, 6.07) is 7.62. The number of nitriles is 1. The van der Waals surface area contributed by atoms with Gasteiger partial charge in [-0.15, -0.1) is 0 Å². The highest BCUT2D eigenvalue weighted by Crippen LogP contribution is 2.30. The predicted molar refractivity (Wildman–Crippen MR) is 92.3 cm³/mol. The zero-order valence-corrected chi connectivity index (χ0v) is 14.1. The molecule has 1 heterocycles. The third kappa shape index (κ3) is 4.85. The van der Waals surface area contributed by atoms with Gasteiger partial charge in [-0.05, 0) is 24.6 Å². The van der Waals surface area contributed by atoms with Gasteiger partial charge in [0.15, 0.2) is 0 Å². The Morgan fingerprint density at radius 3 is 2.70 bits per heavy atom. The number of unbranched alkanes of at least 4 members (excludes halogenated alkanes) is 5. The summed E-state index contributed by atoms with van der Waals surface area (Å²) in [5.74, 6) is 0.767. The van der Waals surface area contributed by atoms with Crippen LogP contribution < -0.4 is 4.74 Å². The van der Waals surface area contributed by atoms with Crippen molar-refractivity contribution >= 4 is 0 Å². The fourth-order valence-electron chi connectivity index (χ4n) is 2.68. The Labute approximate surface area is 138 Å². The molecular formula is C19H25N3O. The van der Waals surface area contributed by atoms with Gasteiger partial charge in [0.1, 0.15) is 5.75 Å². The second kappa shape index (κ2) is 8.99. The zero-order chi connectivity index (χ0) is 16.5. The Morgan fingerprint density at radius 2 is 1.96 bits per heavy atom. The van der Waals surface area contributed by atoms with E-state index in [1.807, 2.05) is 29.2 Å². The molecule has 1 aromatic heterocycles. The van der Waals surface area contributed by atoms with E-state index < -0.39 is 0 Å². The average molecular weight is 311 g/mol. The number of aryl methyl sites for hydroxylation is 1. The Hall–Kier alpha value is -2.28. The fourth-order valence-corrected chi connectivity index (χ4v) is 2.68. The Balaban J connectivity index is 1.98. The van der Waals surface area contributed by atoms with Crippen molar-refractivity contribution in [2.24, 2.45) is 0 Å². The van der Waals surface area contributed by atoms with E-state index in [1.165, 1.54) is 32.1 Å². The number of benzene rings is 1. The summed E-state index contributed by atoms with van der Waals surface area (Å²) < 4.78 is 7.38. The largest absolute Gasteiger partial charge is 0.496 e. The summed E-state index contributed by atoms with van der Waals surface area (Å²) in [5.41, 5.74) is 2.54. The first kappa shape index (κ1) is 17.1. The Bertz CT molecular complexity index is 655. The van der Waals surface area contributed by atoms with Gasteiger partial charge in [-0.1, -0.05) is 39.0 Å². The van der Waals surface area contributed by atoms with Crippen LogP contribution in [-0.2, 0) is 6.54 Å². The SMILES string of the molecule is CCCCCCCCn1cc(-c2cc(C#N)ccc2OC)cn1. The van der Waals surface area contributed by atoms with Crippen LogP contribution in [0.5, 0.6) is 5.75 Å². The van der Waals surface area contributed by atoms with Crippen molar-refractivity contribution in [3.63, 3.8) is 0 Å². The van der Waals surface area contributed by atoms with Crippen molar-refractivity contribution < 1.29 is 4.74 Å². The highest BCUT2D eigenvalue weighted by Gasteiger charge is 2.09. The molecule has 0 aliphatic rings. The van der Waals surface area contributed by atoms with Gasteiger partial charge < -0.3 is 4.74 Å². The van der Waals surface area contributed by atoms with E-state index >= 15 is 0 Å². The molecule has 4 heteroatoms. The van der Waals surface area contributed by atoms with E-state index in [-0.39, 0.29) is 0 Å². The molecule has 0 saturated carbocycles. The van der Waals surface area contributed by atoms with Crippen molar-refractivity contribution in [3.8, 4) is 22.9 Å². The van der Waals surface area contributed by atoms with Crippen molar-refractivity contribution in [2.75, 3.05) is 7.11 Å². The lowest BCUT2D eigenvalue weighted by atomic mass is 10.1. The average Bonchev–Trinajstić information content (AvgIpc) is 3.06. The molecule has 0 radical (unpaired) electrons. The summed E-state index contributed by atoms with van der Waals surface area (Å²) in [7, 11) is 1.64. The quantitative estimate of drug-likeness (QED) is 0.626. The molecule has 0 N–H and O–H groups in total. The molecule has 2 aromatic rings. The number of hydrogen-bond acceptors (Lipinski definition) is 3. The molecule has 23 heavy (non-hydrogen) atoms. The maximum Gasteiger partial charge on any atom is 0.126 e. The van der Waals surface area contributed by atoms with Gasteiger partial charge in [-0.3, -0.25) is 4.68 Å². The van der Waals surface area contributed by atoms with Crippen LogP contribution in [-0.4, -0.2) is 16.9 Å². The summed E-state index contributed by atoms with van der Waals surface area (Å²) in [4.78, 5) is 0. The maximum atomic E-state index is 9.07. The van der Waals surface area contributed by atoms with E-state index in [0.29, 0.717) is 5.56 Å². The van der Waals surface area contributed by atoms with Gasteiger partial charge in [0, 0.05) is 23.9 Å². The molecule has 0 saturated heterocycles. The Kier molecular flexibility index (Phi) is 6.68.